The van der Waals surface area contributed by atoms with Crippen LogP contribution in [0.3, 0.4) is 0 Å². The van der Waals surface area contributed by atoms with Crippen molar-refractivity contribution in [1.29, 1.82) is 0 Å². The number of allylic oxidation sites excluding steroid dienone is 1. The lowest BCUT2D eigenvalue weighted by Gasteiger charge is -2.37. The fourth-order valence-corrected chi connectivity index (χ4v) is 5.06. The van der Waals surface area contributed by atoms with Crippen LogP contribution in [-0.4, -0.2) is 30.9 Å². The summed E-state index contributed by atoms with van der Waals surface area (Å²) in [7, 11) is 3.26. The lowest BCUT2D eigenvalue weighted by atomic mass is 9.65. The molecule has 0 radical (unpaired) electrons. The Morgan fingerprint density at radius 3 is 2.39 bits per heavy atom. The van der Waals surface area contributed by atoms with Crippen molar-refractivity contribution < 1.29 is 19.4 Å². The van der Waals surface area contributed by atoms with Crippen LogP contribution in [0.1, 0.15) is 36.0 Å². The number of aliphatic imine (C=N–C) groups is 1. The number of hydrogen-bond donors (Lipinski definition) is 2. The van der Waals surface area contributed by atoms with E-state index in [2.05, 4.69) is 6.07 Å². The zero-order valence-corrected chi connectivity index (χ0v) is 20.4. The minimum atomic E-state index is -0.541. The van der Waals surface area contributed by atoms with Gasteiger partial charge < -0.3 is 25.2 Å². The second kappa shape index (κ2) is 9.41. The largest absolute Gasteiger partial charge is 0.508 e. The minimum absolute atomic E-state index is 0.112. The number of rotatable bonds is 7. The average molecular weight is 484 g/mol. The fraction of sp³-hybridized carbons (Fsp3) is 0.241. The van der Waals surface area contributed by atoms with Crippen LogP contribution in [0.15, 0.2) is 77.9 Å². The number of aromatic hydroxyl groups is 1. The molecule has 7 nitrogen and oxygen atoms in total. The maximum atomic E-state index is 13.8. The molecule has 1 aliphatic heterocycles. The molecule has 1 heterocycles. The third kappa shape index (κ3) is 3.96. The Balaban J connectivity index is 1.61. The zero-order chi connectivity index (χ0) is 25.3. The molecule has 0 atom stereocenters. The highest BCUT2D eigenvalue weighted by Gasteiger charge is 2.55. The van der Waals surface area contributed by atoms with Crippen molar-refractivity contribution in [2.45, 2.75) is 31.2 Å². The van der Waals surface area contributed by atoms with Crippen LogP contribution >= 0.6 is 0 Å². The topological polar surface area (TPSA) is 97.4 Å². The molecule has 3 aromatic carbocycles. The van der Waals surface area contributed by atoms with Crippen molar-refractivity contribution in [2.75, 3.05) is 19.1 Å². The Morgan fingerprint density at radius 2 is 1.81 bits per heavy atom. The van der Waals surface area contributed by atoms with Crippen molar-refractivity contribution in [3.05, 3.63) is 89.6 Å². The summed E-state index contributed by atoms with van der Waals surface area (Å²) in [6.07, 6.45) is 5.79. The first-order chi connectivity index (χ1) is 17.5. The number of phenols is 1. The molecule has 1 saturated carbocycles. The van der Waals surface area contributed by atoms with Gasteiger partial charge in [-0.1, -0.05) is 18.6 Å². The SMILES string of the molecule is COc1ccc(CN2C(=O)C3(CCC3)c3cc(C(C=CN)=Nc4ccc(O)cc4)cc(OC)c32)cc1. The van der Waals surface area contributed by atoms with Crippen LogP contribution < -0.4 is 20.1 Å². The van der Waals surface area contributed by atoms with Crippen LogP contribution in [0.4, 0.5) is 11.4 Å². The van der Waals surface area contributed by atoms with Crippen LogP contribution in [0.5, 0.6) is 17.2 Å². The fourth-order valence-electron chi connectivity index (χ4n) is 5.06. The summed E-state index contributed by atoms with van der Waals surface area (Å²) in [5, 5.41) is 9.62. The Bertz CT molecular complexity index is 1340. The molecule has 3 aromatic rings. The number of ether oxygens (including phenoxy) is 2. The highest BCUT2D eigenvalue weighted by molar-refractivity contribution is 6.14. The molecule has 184 valence electrons. The normalized spacial score (nSPS) is 16.3. The summed E-state index contributed by atoms with van der Waals surface area (Å²) >= 11 is 0. The molecule has 1 spiro atoms. The zero-order valence-electron chi connectivity index (χ0n) is 20.4. The molecule has 0 bridgehead atoms. The summed E-state index contributed by atoms with van der Waals surface area (Å²) in [6, 6.07) is 18.4. The van der Waals surface area contributed by atoms with Crippen LogP contribution in [-0.2, 0) is 16.8 Å². The van der Waals surface area contributed by atoms with Gasteiger partial charge in [0.25, 0.3) is 0 Å². The van der Waals surface area contributed by atoms with E-state index in [4.69, 9.17) is 20.2 Å². The van der Waals surface area contributed by atoms with Crippen molar-refractivity contribution in [3.8, 4) is 17.2 Å². The average Bonchev–Trinajstić information content (AvgIpc) is 3.12. The molecule has 7 heteroatoms. The lowest BCUT2D eigenvalue weighted by molar-refractivity contribution is -0.126. The number of hydrogen-bond acceptors (Lipinski definition) is 6. The molecule has 1 aliphatic carbocycles. The molecule has 1 fully saturated rings. The summed E-state index contributed by atoms with van der Waals surface area (Å²) in [5.41, 5.74) is 10.2. The summed E-state index contributed by atoms with van der Waals surface area (Å²) in [6.45, 7) is 0.449. The number of nitrogens with two attached hydrogens (primary N) is 1. The quantitative estimate of drug-likeness (QED) is 0.463. The third-order valence-corrected chi connectivity index (χ3v) is 7.09. The first-order valence-corrected chi connectivity index (χ1v) is 11.9. The van der Waals surface area contributed by atoms with Gasteiger partial charge in [0.2, 0.25) is 5.91 Å². The Morgan fingerprint density at radius 1 is 1.08 bits per heavy atom. The van der Waals surface area contributed by atoms with E-state index in [1.54, 1.807) is 44.6 Å². The van der Waals surface area contributed by atoms with Gasteiger partial charge in [-0.2, -0.15) is 0 Å². The number of carbonyl (C=O) groups is 1. The first-order valence-electron chi connectivity index (χ1n) is 11.9. The lowest BCUT2D eigenvalue weighted by Crippen LogP contribution is -2.44. The van der Waals surface area contributed by atoms with Crippen molar-refractivity contribution in [2.24, 2.45) is 10.7 Å². The number of carbonyl (C=O) groups excluding carboxylic acids is 1. The van der Waals surface area contributed by atoms with Crippen LogP contribution in [0, 0.1) is 0 Å². The van der Waals surface area contributed by atoms with Crippen LogP contribution in [0.25, 0.3) is 0 Å². The molecular weight excluding hydrogens is 454 g/mol. The van der Waals surface area contributed by atoms with Gasteiger partial charge in [-0.15, -0.1) is 0 Å². The van der Waals surface area contributed by atoms with Gasteiger partial charge in [-0.25, -0.2) is 4.99 Å². The Hall–Kier alpha value is -4.26. The van der Waals surface area contributed by atoms with Crippen molar-refractivity contribution in [3.63, 3.8) is 0 Å². The van der Waals surface area contributed by atoms with Gasteiger partial charge in [-0.3, -0.25) is 4.79 Å². The van der Waals surface area contributed by atoms with Crippen LogP contribution in [0.2, 0.25) is 0 Å². The predicted molar refractivity (Wildman–Crippen MR) is 140 cm³/mol. The first kappa shape index (κ1) is 23.5. The molecule has 0 unspecified atom stereocenters. The summed E-state index contributed by atoms with van der Waals surface area (Å²) in [4.78, 5) is 20.5. The second-order valence-electron chi connectivity index (χ2n) is 9.12. The van der Waals surface area contributed by atoms with E-state index in [9.17, 15) is 9.90 Å². The molecule has 3 N–H and O–H groups in total. The molecule has 0 aromatic heterocycles. The van der Waals surface area contributed by atoms with Gasteiger partial charge in [0.15, 0.2) is 0 Å². The number of benzene rings is 3. The maximum absolute atomic E-state index is 13.8. The number of nitrogens with zero attached hydrogens (tertiary/aromatic N) is 2. The highest BCUT2D eigenvalue weighted by atomic mass is 16.5. The van der Waals surface area contributed by atoms with E-state index >= 15 is 0 Å². The second-order valence-corrected chi connectivity index (χ2v) is 9.12. The highest BCUT2D eigenvalue weighted by Crippen LogP contribution is 2.56. The predicted octanol–water partition coefficient (Wildman–Crippen LogP) is 4.97. The molecule has 5 rings (SSSR count). The third-order valence-electron chi connectivity index (χ3n) is 7.09. The van der Waals surface area contributed by atoms with Gasteiger partial charge in [0.05, 0.1) is 43.3 Å². The van der Waals surface area contributed by atoms with Gasteiger partial charge in [0.1, 0.15) is 17.2 Å². The number of amides is 1. The molecular formula is C29H29N3O4. The molecule has 0 saturated heterocycles. The van der Waals surface area contributed by atoms with E-state index < -0.39 is 5.41 Å². The Labute approximate surface area is 210 Å². The Kier molecular flexibility index (Phi) is 6.14. The number of phenolic OH excluding ortho intramolecular Hbond substituents is 1. The van der Waals surface area contributed by atoms with E-state index in [1.165, 1.54) is 6.20 Å². The van der Waals surface area contributed by atoms with Gasteiger partial charge in [-0.05, 0) is 84.8 Å². The van der Waals surface area contributed by atoms with E-state index in [0.29, 0.717) is 23.7 Å². The van der Waals surface area contributed by atoms with E-state index in [0.717, 1.165) is 47.4 Å². The van der Waals surface area contributed by atoms with Crippen molar-refractivity contribution in [1.82, 2.24) is 0 Å². The van der Waals surface area contributed by atoms with E-state index in [-0.39, 0.29) is 11.7 Å². The van der Waals surface area contributed by atoms with Crippen molar-refractivity contribution >= 4 is 23.0 Å². The number of methoxy groups -OCH3 is 2. The number of fused-ring (bicyclic) bond motifs is 2. The molecule has 36 heavy (non-hydrogen) atoms. The van der Waals surface area contributed by atoms with E-state index in [1.807, 2.05) is 35.2 Å². The van der Waals surface area contributed by atoms with Gasteiger partial charge >= 0.3 is 0 Å². The summed E-state index contributed by atoms with van der Waals surface area (Å²) in [5.74, 6) is 1.68. The molecule has 1 amide bonds. The smallest absolute Gasteiger partial charge is 0.238 e. The maximum Gasteiger partial charge on any atom is 0.238 e. The monoisotopic (exact) mass is 483 g/mol. The number of anilines is 1. The standard InChI is InChI=1S/C29H29N3O4/c1-35-23-10-4-19(5-11-23)18-32-27-24(29(28(32)34)13-3-14-29)16-20(17-26(27)36-2)25(12-15-30)31-21-6-8-22(33)9-7-21/h4-12,15-17,33H,3,13-14,18,30H2,1-2H3. The summed E-state index contributed by atoms with van der Waals surface area (Å²) < 4.78 is 11.1. The minimum Gasteiger partial charge on any atom is -0.508 e. The van der Waals surface area contributed by atoms with Gasteiger partial charge in [0, 0.05) is 5.56 Å². The molecule has 2 aliphatic rings.